The summed E-state index contributed by atoms with van der Waals surface area (Å²) in [5.41, 5.74) is 4.17. The Kier molecular flexibility index (Phi) is 5.24. The Labute approximate surface area is 169 Å². The van der Waals surface area contributed by atoms with Crippen LogP contribution in [0.25, 0.3) is 16.8 Å². The molecule has 0 bridgehead atoms. The van der Waals surface area contributed by atoms with E-state index in [0.29, 0.717) is 12.4 Å². The lowest BCUT2D eigenvalue weighted by molar-refractivity contribution is 0.203. The molecule has 0 fully saturated rings. The highest BCUT2D eigenvalue weighted by Crippen LogP contribution is 2.20. The highest BCUT2D eigenvalue weighted by molar-refractivity contribution is 5.74. The number of aromatic nitrogens is 3. The van der Waals surface area contributed by atoms with Gasteiger partial charge in [0, 0.05) is 19.8 Å². The Balaban J connectivity index is 1.39. The minimum absolute atomic E-state index is 0.155. The SMILES string of the molecule is CC(NC(=O)N(C)Cc1ccc(-c2ccccc2)cc1)c1nnc2ccccn12. The molecule has 6 heteroatoms. The summed E-state index contributed by atoms with van der Waals surface area (Å²) in [5, 5.41) is 11.3. The van der Waals surface area contributed by atoms with E-state index in [0.717, 1.165) is 16.8 Å². The number of carbonyl (C=O) groups excluding carboxylic acids is 1. The van der Waals surface area contributed by atoms with Gasteiger partial charge in [-0.05, 0) is 35.7 Å². The summed E-state index contributed by atoms with van der Waals surface area (Å²) in [5.74, 6) is 0.703. The molecule has 2 heterocycles. The van der Waals surface area contributed by atoms with Crippen molar-refractivity contribution in [2.75, 3.05) is 7.05 Å². The van der Waals surface area contributed by atoms with Crippen LogP contribution < -0.4 is 5.32 Å². The van der Waals surface area contributed by atoms with Crippen molar-refractivity contribution in [2.24, 2.45) is 0 Å². The third-order valence-corrected chi connectivity index (χ3v) is 4.89. The summed E-state index contributed by atoms with van der Waals surface area (Å²) >= 11 is 0. The van der Waals surface area contributed by atoms with E-state index in [2.05, 4.69) is 51.9 Å². The smallest absolute Gasteiger partial charge is 0.318 e. The van der Waals surface area contributed by atoms with Crippen LogP contribution in [-0.4, -0.2) is 32.6 Å². The van der Waals surface area contributed by atoms with E-state index < -0.39 is 0 Å². The number of carbonyl (C=O) groups is 1. The summed E-state index contributed by atoms with van der Waals surface area (Å²) < 4.78 is 1.88. The first-order valence-corrected chi connectivity index (χ1v) is 9.57. The summed E-state index contributed by atoms with van der Waals surface area (Å²) in [6.07, 6.45) is 1.89. The molecule has 1 N–H and O–H groups in total. The van der Waals surface area contributed by atoms with E-state index in [1.165, 1.54) is 5.56 Å². The van der Waals surface area contributed by atoms with Gasteiger partial charge in [-0.3, -0.25) is 4.40 Å². The van der Waals surface area contributed by atoms with E-state index in [1.54, 1.807) is 11.9 Å². The second-order valence-electron chi connectivity index (χ2n) is 7.08. The summed E-state index contributed by atoms with van der Waals surface area (Å²) in [7, 11) is 1.79. The molecule has 0 aliphatic heterocycles. The first-order valence-electron chi connectivity index (χ1n) is 9.57. The molecule has 0 aliphatic rings. The summed E-state index contributed by atoms with van der Waals surface area (Å²) in [6, 6.07) is 23.8. The number of hydrogen-bond donors (Lipinski definition) is 1. The Morgan fingerprint density at radius 2 is 1.66 bits per heavy atom. The third-order valence-electron chi connectivity index (χ3n) is 4.89. The second kappa shape index (κ2) is 8.14. The Hall–Kier alpha value is -3.67. The normalized spacial score (nSPS) is 11.9. The van der Waals surface area contributed by atoms with Gasteiger partial charge < -0.3 is 10.2 Å². The quantitative estimate of drug-likeness (QED) is 0.557. The van der Waals surface area contributed by atoms with E-state index in [4.69, 9.17) is 0 Å². The maximum Gasteiger partial charge on any atom is 0.318 e. The zero-order valence-corrected chi connectivity index (χ0v) is 16.5. The molecule has 146 valence electrons. The van der Waals surface area contributed by atoms with Crippen LogP contribution in [0.2, 0.25) is 0 Å². The number of benzene rings is 2. The highest BCUT2D eigenvalue weighted by Gasteiger charge is 2.18. The average Bonchev–Trinajstić information content (AvgIpc) is 3.19. The Morgan fingerprint density at radius 3 is 2.41 bits per heavy atom. The van der Waals surface area contributed by atoms with Crippen molar-refractivity contribution < 1.29 is 4.79 Å². The van der Waals surface area contributed by atoms with E-state index in [9.17, 15) is 4.79 Å². The number of urea groups is 1. The van der Waals surface area contributed by atoms with Gasteiger partial charge in [0.15, 0.2) is 11.5 Å². The predicted octanol–water partition coefficient (Wildman–Crippen LogP) is 4.30. The minimum Gasteiger partial charge on any atom is -0.328 e. The maximum atomic E-state index is 12.6. The van der Waals surface area contributed by atoms with Crippen molar-refractivity contribution in [2.45, 2.75) is 19.5 Å². The molecule has 0 saturated carbocycles. The topological polar surface area (TPSA) is 62.5 Å². The van der Waals surface area contributed by atoms with Crippen molar-refractivity contribution in [1.82, 2.24) is 24.8 Å². The van der Waals surface area contributed by atoms with Gasteiger partial charge in [0.25, 0.3) is 0 Å². The Morgan fingerprint density at radius 1 is 0.966 bits per heavy atom. The van der Waals surface area contributed by atoms with Crippen LogP contribution in [0, 0.1) is 0 Å². The molecule has 0 radical (unpaired) electrons. The van der Waals surface area contributed by atoms with Crippen LogP contribution in [0.15, 0.2) is 79.0 Å². The monoisotopic (exact) mass is 385 g/mol. The standard InChI is InChI=1S/C23H23N5O/c1-17(22-26-25-21-10-6-7-15-28(21)22)24-23(29)27(2)16-18-11-13-20(14-12-18)19-8-4-3-5-9-19/h3-15,17H,16H2,1-2H3,(H,24,29). The highest BCUT2D eigenvalue weighted by atomic mass is 16.2. The fraction of sp³-hybridized carbons (Fsp3) is 0.174. The number of rotatable bonds is 5. The fourth-order valence-corrected chi connectivity index (χ4v) is 3.29. The lowest BCUT2D eigenvalue weighted by atomic mass is 10.0. The summed E-state index contributed by atoms with van der Waals surface area (Å²) in [4.78, 5) is 14.3. The molecule has 1 unspecified atom stereocenters. The van der Waals surface area contributed by atoms with Crippen molar-refractivity contribution in [3.63, 3.8) is 0 Å². The minimum atomic E-state index is -0.261. The number of amides is 2. The van der Waals surface area contributed by atoms with Crippen LogP contribution in [0.5, 0.6) is 0 Å². The van der Waals surface area contributed by atoms with Gasteiger partial charge in [-0.1, -0.05) is 60.7 Å². The van der Waals surface area contributed by atoms with Crippen molar-refractivity contribution >= 4 is 11.7 Å². The molecule has 29 heavy (non-hydrogen) atoms. The van der Waals surface area contributed by atoms with Crippen LogP contribution >= 0.6 is 0 Å². The Bertz CT molecular complexity index is 1110. The number of pyridine rings is 1. The molecular formula is C23H23N5O. The molecule has 4 aromatic rings. The lowest BCUT2D eigenvalue weighted by Crippen LogP contribution is -2.38. The molecular weight excluding hydrogens is 362 g/mol. The molecule has 1 atom stereocenters. The third kappa shape index (κ3) is 4.11. The molecule has 2 aromatic carbocycles. The van der Waals surface area contributed by atoms with Gasteiger partial charge >= 0.3 is 6.03 Å². The average molecular weight is 385 g/mol. The van der Waals surface area contributed by atoms with E-state index in [1.807, 2.05) is 53.9 Å². The van der Waals surface area contributed by atoms with Gasteiger partial charge in [-0.15, -0.1) is 10.2 Å². The van der Waals surface area contributed by atoms with Crippen LogP contribution in [0.1, 0.15) is 24.4 Å². The lowest BCUT2D eigenvalue weighted by Gasteiger charge is -2.21. The van der Waals surface area contributed by atoms with Gasteiger partial charge in [0.2, 0.25) is 0 Å². The van der Waals surface area contributed by atoms with Crippen molar-refractivity contribution in [3.05, 3.63) is 90.4 Å². The number of nitrogens with one attached hydrogen (secondary N) is 1. The van der Waals surface area contributed by atoms with Gasteiger partial charge in [0.05, 0.1) is 6.04 Å². The van der Waals surface area contributed by atoms with E-state index >= 15 is 0 Å². The molecule has 0 spiro atoms. The van der Waals surface area contributed by atoms with Crippen molar-refractivity contribution in [3.8, 4) is 11.1 Å². The van der Waals surface area contributed by atoms with E-state index in [-0.39, 0.29) is 12.1 Å². The molecule has 0 saturated heterocycles. The molecule has 2 aromatic heterocycles. The van der Waals surface area contributed by atoms with Crippen LogP contribution in [0.3, 0.4) is 0 Å². The second-order valence-corrected chi connectivity index (χ2v) is 7.08. The molecule has 4 rings (SSSR count). The number of nitrogens with zero attached hydrogens (tertiary/aromatic N) is 4. The fourth-order valence-electron chi connectivity index (χ4n) is 3.29. The summed E-state index contributed by atoms with van der Waals surface area (Å²) in [6.45, 7) is 2.43. The van der Waals surface area contributed by atoms with Crippen LogP contribution in [-0.2, 0) is 6.54 Å². The van der Waals surface area contributed by atoms with Gasteiger partial charge in [0.1, 0.15) is 0 Å². The number of fused-ring (bicyclic) bond motifs is 1. The van der Waals surface area contributed by atoms with Crippen molar-refractivity contribution in [1.29, 1.82) is 0 Å². The zero-order chi connectivity index (χ0) is 20.2. The predicted molar refractivity (Wildman–Crippen MR) is 113 cm³/mol. The van der Waals surface area contributed by atoms with Gasteiger partial charge in [-0.2, -0.15) is 0 Å². The molecule has 2 amide bonds. The zero-order valence-electron chi connectivity index (χ0n) is 16.5. The first-order chi connectivity index (χ1) is 14.1. The molecule has 6 nitrogen and oxygen atoms in total. The number of hydrogen-bond acceptors (Lipinski definition) is 3. The van der Waals surface area contributed by atoms with Crippen LogP contribution in [0.4, 0.5) is 4.79 Å². The first kappa shape index (κ1) is 18.7. The maximum absolute atomic E-state index is 12.6. The van der Waals surface area contributed by atoms with Gasteiger partial charge in [-0.25, -0.2) is 4.79 Å². The largest absolute Gasteiger partial charge is 0.328 e. The molecule has 0 aliphatic carbocycles.